The summed E-state index contributed by atoms with van der Waals surface area (Å²) in [6.07, 6.45) is 0.226. The van der Waals surface area contributed by atoms with Gasteiger partial charge in [0, 0.05) is 5.39 Å². The number of para-hydroxylation sites is 1. The third kappa shape index (κ3) is 2.51. The van der Waals surface area contributed by atoms with Crippen molar-refractivity contribution in [3.8, 4) is 0 Å². The van der Waals surface area contributed by atoms with Crippen LogP contribution < -0.4 is 0 Å². The minimum Gasteiger partial charge on any atom is -0.464 e. The average molecular weight is 293 g/mol. The van der Waals surface area contributed by atoms with E-state index in [0.717, 1.165) is 10.9 Å². The summed E-state index contributed by atoms with van der Waals surface area (Å²) < 4.78 is 6.23. The number of hydrogen-bond donors (Lipinski definition) is 0. The summed E-state index contributed by atoms with van der Waals surface area (Å²) >= 11 is 0. The van der Waals surface area contributed by atoms with Gasteiger partial charge in [-0.15, -0.1) is 0 Å². The average Bonchev–Trinajstić information content (AvgIpc) is 2.94. The lowest BCUT2D eigenvalue weighted by Crippen LogP contribution is -2.19. The van der Waals surface area contributed by atoms with E-state index in [0.29, 0.717) is 5.52 Å². The topological polar surface area (TPSA) is 48.3 Å². The molecule has 0 bridgehead atoms. The highest BCUT2D eigenvalue weighted by Gasteiger charge is 2.20. The Kier molecular flexibility index (Phi) is 3.74. The van der Waals surface area contributed by atoms with Crippen LogP contribution in [0.4, 0.5) is 0 Å². The van der Waals surface area contributed by atoms with E-state index < -0.39 is 5.97 Å². The molecule has 4 heteroatoms. The Bertz CT molecular complexity index is 834. The second kappa shape index (κ2) is 5.85. The maximum Gasteiger partial charge on any atom is 0.355 e. The third-order valence-electron chi connectivity index (χ3n) is 3.55. The summed E-state index contributed by atoms with van der Waals surface area (Å²) in [5.74, 6) is -0.676. The number of carbonyl (C=O) groups excluding carboxylic acids is 2. The molecule has 4 nitrogen and oxygen atoms in total. The number of benzene rings is 2. The van der Waals surface area contributed by atoms with Crippen LogP contribution in [-0.2, 0) is 11.2 Å². The number of rotatable bonds is 3. The van der Waals surface area contributed by atoms with Crippen molar-refractivity contribution in [2.24, 2.45) is 0 Å². The first-order chi connectivity index (χ1) is 10.7. The molecule has 3 rings (SSSR count). The van der Waals surface area contributed by atoms with E-state index in [-0.39, 0.29) is 18.0 Å². The van der Waals surface area contributed by atoms with Gasteiger partial charge in [0.1, 0.15) is 5.69 Å². The van der Waals surface area contributed by atoms with Crippen molar-refractivity contribution >= 4 is 22.8 Å². The molecule has 0 saturated carbocycles. The molecular formula is C18H15NO3. The van der Waals surface area contributed by atoms with Crippen LogP contribution in [0, 0.1) is 0 Å². The summed E-state index contributed by atoms with van der Waals surface area (Å²) in [5, 5.41) is 0.837. The van der Waals surface area contributed by atoms with E-state index in [2.05, 4.69) is 0 Å². The monoisotopic (exact) mass is 293 g/mol. The van der Waals surface area contributed by atoms with Gasteiger partial charge in [-0.2, -0.15) is 0 Å². The fraction of sp³-hybridized carbons (Fsp3) is 0.111. The number of aromatic nitrogens is 1. The van der Waals surface area contributed by atoms with E-state index in [1.807, 2.05) is 54.6 Å². The quantitative estimate of drug-likeness (QED) is 0.696. The Morgan fingerprint density at radius 1 is 1.00 bits per heavy atom. The Hall–Kier alpha value is -2.88. The van der Waals surface area contributed by atoms with E-state index in [1.54, 1.807) is 6.07 Å². The van der Waals surface area contributed by atoms with Crippen molar-refractivity contribution in [2.75, 3.05) is 7.11 Å². The van der Waals surface area contributed by atoms with Crippen LogP contribution in [-0.4, -0.2) is 23.6 Å². The molecule has 0 N–H and O–H groups in total. The molecule has 0 aliphatic heterocycles. The summed E-state index contributed by atoms with van der Waals surface area (Å²) in [6, 6.07) is 18.5. The fourth-order valence-corrected chi connectivity index (χ4v) is 2.53. The number of carbonyl (C=O) groups is 2. The zero-order valence-corrected chi connectivity index (χ0v) is 12.2. The summed E-state index contributed by atoms with van der Waals surface area (Å²) in [6.45, 7) is 0. The van der Waals surface area contributed by atoms with E-state index in [4.69, 9.17) is 4.74 Å². The molecule has 3 aromatic rings. The van der Waals surface area contributed by atoms with Crippen LogP contribution in [0.25, 0.3) is 10.9 Å². The minimum absolute atomic E-state index is 0.159. The molecule has 0 saturated heterocycles. The molecular weight excluding hydrogens is 278 g/mol. The Balaban J connectivity index is 2.08. The van der Waals surface area contributed by atoms with Gasteiger partial charge in [-0.1, -0.05) is 48.5 Å². The number of nitrogens with zero attached hydrogens (tertiary/aromatic N) is 1. The molecule has 0 aliphatic rings. The van der Waals surface area contributed by atoms with Crippen LogP contribution in [0.2, 0.25) is 0 Å². The van der Waals surface area contributed by atoms with Crippen molar-refractivity contribution in [1.82, 2.24) is 4.57 Å². The molecule has 0 amide bonds. The van der Waals surface area contributed by atoms with E-state index in [1.165, 1.54) is 11.7 Å². The predicted octanol–water partition coefficient (Wildman–Crippen LogP) is 3.31. The summed E-state index contributed by atoms with van der Waals surface area (Å²) in [7, 11) is 1.31. The lowest BCUT2D eigenvalue weighted by atomic mass is 10.1. The number of ether oxygens (including phenoxy) is 1. The normalized spacial score (nSPS) is 10.6. The van der Waals surface area contributed by atoms with E-state index >= 15 is 0 Å². The van der Waals surface area contributed by atoms with Crippen LogP contribution in [0.5, 0.6) is 0 Å². The maximum atomic E-state index is 12.7. The highest BCUT2D eigenvalue weighted by Crippen LogP contribution is 2.21. The van der Waals surface area contributed by atoms with Gasteiger partial charge in [-0.3, -0.25) is 9.36 Å². The zero-order chi connectivity index (χ0) is 15.5. The fourth-order valence-electron chi connectivity index (χ4n) is 2.53. The first kappa shape index (κ1) is 14.1. The van der Waals surface area contributed by atoms with Gasteiger partial charge in [-0.25, -0.2) is 4.79 Å². The minimum atomic E-state index is -0.516. The highest BCUT2D eigenvalue weighted by atomic mass is 16.5. The molecule has 1 heterocycles. The van der Waals surface area contributed by atoms with Gasteiger partial charge in [0.05, 0.1) is 19.0 Å². The lowest BCUT2D eigenvalue weighted by Gasteiger charge is -2.08. The van der Waals surface area contributed by atoms with Gasteiger partial charge in [0.2, 0.25) is 5.91 Å². The van der Waals surface area contributed by atoms with E-state index in [9.17, 15) is 9.59 Å². The third-order valence-corrected chi connectivity index (χ3v) is 3.55. The van der Waals surface area contributed by atoms with Gasteiger partial charge in [-0.05, 0) is 17.7 Å². The van der Waals surface area contributed by atoms with Crippen LogP contribution >= 0.6 is 0 Å². The number of hydrogen-bond acceptors (Lipinski definition) is 3. The molecule has 0 spiro atoms. The Morgan fingerprint density at radius 3 is 2.41 bits per heavy atom. The van der Waals surface area contributed by atoms with Gasteiger partial charge >= 0.3 is 5.97 Å². The summed E-state index contributed by atoms with van der Waals surface area (Å²) in [4.78, 5) is 24.7. The molecule has 0 radical (unpaired) electrons. The van der Waals surface area contributed by atoms with Gasteiger partial charge < -0.3 is 4.74 Å². The summed E-state index contributed by atoms with van der Waals surface area (Å²) in [5.41, 5.74) is 1.87. The molecule has 0 fully saturated rings. The van der Waals surface area contributed by atoms with Crippen molar-refractivity contribution in [3.05, 3.63) is 71.9 Å². The number of methoxy groups -OCH3 is 1. The van der Waals surface area contributed by atoms with Crippen molar-refractivity contribution in [1.29, 1.82) is 0 Å². The second-order valence-electron chi connectivity index (χ2n) is 4.97. The standard InChI is InChI=1S/C18H15NO3/c1-22-18(21)16-12-14-9-5-6-10-15(14)19(16)17(20)11-13-7-3-2-4-8-13/h2-10,12H,11H2,1H3. The van der Waals surface area contributed by atoms with Crippen molar-refractivity contribution in [2.45, 2.75) is 6.42 Å². The molecule has 22 heavy (non-hydrogen) atoms. The van der Waals surface area contributed by atoms with Crippen LogP contribution in [0.3, 0.4) is 0 Å². The molecule has 2 aromatic carbocycles. The molecule has 0 aliphatic carbocycles. The highest BCUT2D eigenvalue weighted by molar-refractivity contribution is 6.03. The van der Waals surface area contributed by atoms with Crippen molar-refractivity contribution < 1.29 is 14.3 Å². The van der Waals surface area contributed by atoms with Crippen LogP contribution in [0.15, 0.2) is 60.7 Å². The number of fused-ring (bicyclic) bond motifs is 1. The first-order valence-corrected chi connectivity index (χ1v) is 6.96. The van der Waals surface area contributed by atoms with Crippen LogP contribution in [0.1, 0.15) is 20.8 Å². The first-order valence-electron chi connectivity index (χ1n) is 6.96. The Labute approximate surface area is 127 Å². The molecule has 0 atom stereocenters. The van der Waals surface area contributed by atoms with Crippen molar-refractivity contribution in [3.63, 3.8) is 0 Å². The smallest absolute Gasteiger partial charge is 0.355 e. The molecule has 0 unspecified atom stereocenters. The largest absolute Gasteiger partial charge is 0.464 e. The van der Waals surface area contributed by atoms with Gasteiger partial charge in [0.25, 0.3) is 0 Å². The maximum absolute atomic E-state index is 12.7. The predicted molar refractivity (Wildman–Crippen MR) is 84.1 cm³/mol. The second-order valence-corrected chi connectivity index (χ2v) is 4.97. The zero-order valence-electron chi connectivity index (χ0n) is 12.2. The molecule has 110 valence electrons. The lowest BCUT2D eigenvalue weighted by molar-refractivity contribution is 0.0582. The molecule has 1 aromatic heterocycles. The van der Waals surface area contributed by atoms with Gasteiger partial charge in [0.15, 0.2) is 0 Å². The number of esters is 1. The SMILES string of the molecule is COC(=O)c1cc2ccccc2n1C(=O)Cc1ccccc1. The Morgan fingerprint density at radius 2 is 1.68 bits per heavy atom.